The van der Waals surface area contributed by atoms with Gasteiger partial charge in [0.2, 0.25) is 15.9 Å². The van der Waals surface area contributed by atoms with Crippen LogP contribution >= 0.6 is 0 Å². The van der Waals surface area contributed by atoms with Gasteiger partial charge in [-0.2, -0.15) is 4.31 Å². The first-order valence-corrected chi connectivity index (χ1v) is 9.87. The van der Waals surface area contributed by atoms with E-state index < -0.39 is 16.1 Å². The lowest BCUT2D eigenvalue weighted by atomic mass is 10.1. The lowest BCUT2D eigenvalue weighted by Crippen LogP contribution is -2.54. The molecule has 1 atom stereocenters. The van der Waals surface area contributed by atoms with Gasteiger partial charge < -0.3 is 9.80 Å². The van der Waals surface area contributed by atoms with Gasteiger partial charge in [0.15, 0.2) is 0 Å². The highest BCUT2D eigenvalue weighted by Gasteiger charge is 2.39. The summed E-state index contributed by atoms with van der Waals surface area (Å²) in [7, 11) is -3.31. The highest BCUT2D eigenvalue weighted by molar-refractivity contribution is 7.88. The molecule has 126 valence electrons. The number of para-hydroxylation sites is 1. The van der Waals surface area contributed by atoms with Crippen LogP contribution in [0.5, 0.6) is 0 Å². The molecule has 6 nitrogen and oxygen atoms in total. The van der Waals surface area contributed by atoms with Gasteiger partial charge in [-0.25, -0.2) is 8.42 Å². The maximum absolute atomic E-state index is 12.7. The molecular formula is C16H23N3O3S. The Hall–Kier alpha value is -1.60. The molecule has 0 N–H and O–H groups in total. The molecule has 23 heavy (non-hydrogen) atoms. The summed E-state index contributed by atoms with van der Waals surface area (Å²) in [6.45, 7) is 3.30. The molecule has 0 saturated carbocycles. The molecule has 2 saturated heterocycles. The van der Waals surface area contributed by atoms with Gasteiger partial charge in [-0.15, -0.1) is 0 Å². The van der Waals surface area contributed by atoms with Crippen LogP contribution in [0.4, 0.5) is 5.69 Å². The first-order chi connectivity index (χ1) is 11.0. The number of hydrogen-bond donors (Lipinski definition) is 0. The van der Waals surface area contributed by atoms with Crippen molar-refractivity contribution in [3.63, 3.8) is 0 Å². The Balaban J connectivity index is 1.62. The van der Waals surface area contributed by atoms with E-state index in [2.05, 4.69) is 17.0 Å². The van der Waals surface area contributed by atoms with Crippen molar-refractivity contribution in [2.24, 2.45) is 0 Å². The fourth-order valence-corrected chi connectivity index (χ4v) is 4.54. The summed E-state index contributed by atoms with van der Waals surface area (Å²) in [4.78, 5) is 16.8. The number of hydrogen-bond acceptors (Lipinski definition) is 4. The number of rotatable bonds is 3. The monoisotopic (exact) mass is 337 g/mol. The Morgan fingerprint density at radius 1 is 1.04 bits per heavy atom. The third-order valence-corrected chi connectivity index (χ3v) is 5.92. The minimum atomic E-state index is -3.31. The highest BCUT2D eigenvalue weighted by Crippen LogP contribution is 2.23. The van der Waals surface area contributed by atoms with Crippen molar-refractivity contribution in [2.75, 3.05) is 43.9 Å². The van der Waals surface area contributed by atoms with E-state index >= 15 is 0 Å². The van der Waals surface area contributed by atoms with Gasteiger partial charge in [-0.05, 0) is 25.0 Å². The smallest absolute Gasteiger partial charge is 0.241 e. The van der Waals surface area contributed by atoms with E-state index in [1.807, 2.05) is 23.1 Å². The predicted octanol–water partition coefficient (Wildman–Crippen LogP) is 0.759. The topological polar surface area (TPSA) is 60.9 Å². The molecule has 0 unspecified atom stereocenters. The molecular weight excluding hydrogens is 314 g/mol. The zero-order valence-electron chi connectivity index (χ0n) is 13.4. The number of benzene rings is 1. The van der Waals surface area contributed by atoms with E-state index in [4.69, 9.17) is 0 Å². The molecule has 3 rings (SSSR count). The first-order valence-electron chi connectivity index (χ1n) is 8.02. The summed E-state index contributed by atoms with van der Waals surface area (Å²) < 4.78 is 25.0. The van der Waals surface area contributed by atoms with E-state index in [9.17, 15) is 13.2 Å². The van der Waals surface area contributed by atoms with Gasteiger partial charge in [-0.3, -0.25) is 4.79 Å². The van der Waals surface area contributed by atoms with E-state index in [1.165, 1.54) is 16.2 Å². The van der Waals surface area contributed by atoms with Crippen LogP contribution in [0, 0.1) is 0 Å². The van der Waals surface area contributed by atoms with Crippen LogP contribution in [-0.2, 0) is 14.8 Å². The number of piperazine rings is 1. The van der Waals surface area contributed by atoms with Crippen LogP contribution in [0.25, 0.3) is 0 Å². The summed E-state index contributed by atoms with van der Waals surface area (Å²) in [5.41, 5.74) is 1.17. The molecule has 1 aromatic rings. The molecule has 0 spiro atoms. The van der Waals surface area contributed by atoms with E-state index in [0.717, 1.165) is 19.5 Å². The van der Waals surface area contributed by atoms with Crippen LogP contribution in [0.3, 0.4) is 0 Å². The third kappa shape index (κ3) is 3.50. The summed E-state index contributed by atoms with van der Waals surface area (Å²) in [5.74, 6) is -0.0411. The van der Waals surface area contributed by atoms with Crippen LogP contribution in [0.1, 0.15) is 12.8 Å². The zero-order valence-corrected chi connectivity index (χ0v) is 14.2. The first kappa shape index (κ1) is 16.3. The molecule has 7 heteroatoms. The Kier molecular flexibility index (Phi) is 4.59. The Labute approximate surface area is 137 Å². The van der Waals surface area contributed by atoms with Crippen LogP contribution in [0.15, 0.2) is 30.3 Å². The summed E-state index contributed by atoms with van der Waals surface area (Å²) in [6.07, 6.45) is 2.57. The van der Waals surface area contributed by atoms with Gasteiger partial charge in [0.25, 0.3) is 0 Å². The normalized spacial score (nSPS) is 23.3. The Morgan fingerprint density at radius 3 is 2.30 bits per heavy atom. The van der Waals surface area contributed by atoms with Crippen LogP contribution in [-0.4, -0.2) is 68.6 Å². The number of sulfonamides is 1. The molecule has 2 aliphatic rings. The number of carbonyl (C=O) groups is 1. The van der Waals surface area contributed by atoms with Gasteiger partial charge in [0.05, 0.1) is 6.26 Å². The maximum atomic E-state index is 12.7. The number of nitrogens with zero attached hydrogens (tertiary/aromatic N) is 3. The SMILES string of the molecule is CS(=O)(=O)N1CCC[C@H]1C(=O)N1CCN(c2ccccc2)CC1. The van der Waals surface area contributed by atoms with Crippen molar-refractivity contribution in [2.45, 2.75) is 18.9 Å². The Bertz CT molecular complexity index is 654. The lowest BCUT2D eigenvalue weighted by molar-refractivity contribution is -0.134. The zero-order chi connectivity index (χ0) is 16.4. The summed E-state index contributed by atoms with van der Waals surface area (Å²) >= 11 is 0. The summed E-state index contributed by atoms with van der Waals surface area (Å²) in [6, 6.07) is 9.64. The second kappa shape index (κ2) is 6.49. The fourth-order valence-electron chi connectivity index (χ4n) is 3.42. The molecule has 0 aromatic heterocycles. The largest absolute Gasteiger partial charge is 0.368 e. The molecule has 0 aliphatic carbocycles. The van der Waals surface area contributed by atoms with E-state index in [-0.39, 0.29) is 5.91 Å². The van der Waals surface area contributed by atoms with Gasteiger partial charge in [0.1, 0.15) is 6.04 Å². The van der Waals surface area contributed by atoms with Crippen molar-refractivity contribution in [1.29, 1.82) is 0 Å². The van der Waals surface area contributed by atoms with Crippen molar-refractivity contribution in [1.82, 2.24) is 9.21 Å². The number of carbonyl (C=O) groups excluding carboxylic acids is 1. The second-order valence-corrected chi connectivity index (χ2v) is 8.11. The number of anilines is 1. The molecule has 0 radical (unpaired) electrons. The van der Waals surface area contributed by atoms with Gasteiger partial charge in [0, 0.05) is 38.4 Å². The minimum absolute atomic E-state index is 0.0411. The fraction of sp³-hybridized carbons (Fsp3) is 0.562. The van der Waals surface area contributed by atoms with E-state index in [1.54, 1.807) is 0 Å². The maximum Gasteiger partial charge on any atom is 0.241 e. The average molecular weight is 337 g/mol. The van der Waals surface area contributed by atoms with Crippen molar-refractivity contribution in [3.05, 3.63) is 30.3 Å². The summed E-state index contributed by atoms with van der Waals surface area (Å²) in [5, 5.41) is 0. The van der Waals surface area contributed by atoms with Gasteiger partial charge >= 0.3 is 0 Å². The van der Waals surface area contributed by atoms with Crippen molar-refractivity contribution < 1.29 is 13.2 Å². The highest BCUT2D eigenvalue weighted by atomic mass is 32.2. The van der Waals surface area contributed by atoms with Crippen molar-refractivity contribution >= 4 is 21.6 Å². The second-order valence-electron chi connectivity index (χ2n) is 6.18. The quantitative estimate of drug-likeness (QED) is 0.817. The number of amides is 1. The minimum Gasteiger partial charge on any atom is -0.368 e. The standard InChI is InChI=1S/C16H23N3O3S/c1-23(21,22)19-9-5-8-15(19)16(20)18-12-10-17(11-13-18)14-6-3-2-4-7-14/h2-4,6-7,15H,5,8-13H2,1H3/t15-/m0/s1. The van der Waals surface area contributed by atoms with Crippen LogP contribution < -0.4 is 4.90 Å². The van der Waals surface area contributed by atoms with Crippen molar-refractivity contribution in [3.8, 4) is 0 Å². The lowest BCUT2D eigenvalue weighted by Gasteiger charge is -2.38. The average Bonchev–Trinajstić information content (AvgIpc) is 3.05. The van der Waals surface area contributed by atoms with Gasteiger partial charge in [-0.1, -0.05) is 18.2 Å². The van der Waals surface area contributed by atoms with Crippen LogP contribution in [0.2, 0.25) is 0 Å². The molecule has 2 aliphatic heterocycles. The molecule has 0 bridgehead atoms. The Morgan fingerprint density at radius 2 is 1.70 bits per heavy atom. The third-order valence-electron chi connectivity index (χ3n) is 4.63. The predicted molar refractivity (Wildman–Crippen MR) is 89.8 cm³/mol. The van der Waals surface area contributed by atoms with E-state index in [0.29, 0.717) is 26.1 Å². The molecule has 1 amide bonds. The molecule has 1 aromatic carbocycles. The molecule has 2 fully saturated rings. The molecule has 2 heterocycles.